The van der Waals surface area contributed by atoms with Crippen molar-refractivity contribution >= 4 is 0 Å². The maximum atomic E-state index is 3.60. The Morgan fingerprint density at radius 2 is 2.14 bits per heavy atom. The third-order valence-corrected chi connectivity index (χ3v) is 0.762. The molecule has 0 aliphatic heterocycles. The predicted molar refractivity (Wildman–Crippen MR) is 29.7 cm³/mol. The van der Waals surface area contributed by atoms with Crippen LogP contribution in [-0.2, 0) is 17.1 Å². The van der Waals surface area contributed by atoms with E-state index in [1.165, 1.54) is 19.3 Å². The topological polar surface area (TPSA) is 0 Å². The molecule has 0 bridgehead atoms. The number of allylic oxidation sites excluding steroid dienone is 1. The van der Waals surface area contributed by atoms with Gasteiger partial charge in [0, 0.05) is 17.1 Å². The first-order valence-electron chi connectivity index (χ1n) is 2.52. The normalized spacial score (nSPS) is 7.00. The third-order valence-electron chi connectivity index (χ3n) is 0.762. The fraction of sp³-hybridized carbons (Fsp3) is 0.667. The van der Waals surface area contributed by atoms with Crippen LogP contribution >= 0.6 is 0 Å². The average molecular weight is 140 g/mol. The van der Waals surface area contributed by atoms with Gasteiger partial charge in [0.15, 0.2) is 0 Å². The zero-order chi connectivity index (χ0) is 4.83. The van der Waals surface area contributed by atoms with Crippen LogP contribution < -0.4 is 0 Å². The summed E-state index contributed by atoms with van der Waals surface area (Å²) >= 11 is 0. The van der Waals surface area contributed by atoms with Gasteiger partial charge in [-0.1, -0.05) is 25.8 Å². The fourth-order valence-electron chi connectivity index (χ4n) is 0.348. The van der Waals surface area contributed by atoms with Crippen molar-refractivity contribution in [3.8, 4) is 0 Å². The van der Waals surface area contributed by atoms with E-state index < -0.39 is 0 Å². The van der Waals surface area contributed by atoms with Crippen LogP contribution in [-0.4, -0.2) is 0 Å². The molecule has 0 N–H and O–H groups in total. The minimum atomic E-state index is 0. The van der Waals surface area contributed by atoms with Gasteiger partial charge in [-0.3, -0.25) is 0 Å². The molecule has 0 rings (SSSR count). The second-order valence-electron chi connectivity index (χ2n) is 1.43. The minimum Gasteiger partial charge on any atom is -0.103 e. The van der Waals surface area contributed by atoms with E-state index in [2.05, 4.69) is 13.5 Å². The van der Waals surface area contributed by atoms with Crippen molar-refractivity contribution in [2.75, 3.05) is 0 Å². The van der Waals surface area contributed by atoms with E-state index in [9.17, 15) is 0 Å². The van der Waals surface area contributed by atoms with Crippen molar-refractivity contribution in [1.82, 2.24) is 0 Å². The molecule has 0 atom stereocenters. The molecule has 1 heteroatoms. The Kier molecular flexibility index (Phi) is 14.0. The maximum absolute atomic E-state index is 3.60. The molecule has 7 heavy (non-hydrogen) atoms. The largest absolute Gasteiger partial charge is 0.103 e. The van der Waals surface area contributed by atoms with E-state index in [0.29, 0.717) is 0 Å². The maximum Gasteiger partial charge on any atom is 0 e. The van der Waals surface area contributed by atoms with Crippen molar-refractivity contribution < 1.29 is 17.1 Å². The molecule has 44 valence electrons. The van der Waals surface area contributed by atoms with Crippen LogP contribution in [0, 0.1) is 0 Å². The van der Waals surface area contributed by atoms with E-state index in [0.717, 1.165) is 0 Å². The van der Waals surface area contributed by atoms with Gasteiger partial charge < -0.3 is 0 Å². The Morgan fingerprint density at radius 1 is 1.57 bits per heavy atom. The van der Waals surface area contributed by atoms with Crippen LogP contribution in [0.2, 0.25) is 0 Å². The van der Waals surface area contributed by atoms with Crippen molar-refractivity contribution in [3.63, 3.8) is 0 Å². The molecule has 0 aromatic heterocycles. The summed E-state index contributed by atoms with van der Waals surface area (Å²) in [7, 11) is 0. The molecule has 0 aromatic rings. The van der Waals surface area contributed by atoms with Crippen LogP contribution in [0.15, 0.2) is 12.7 Å². The second kappa shape index (κ2) is 9.54. The molecule has 0 heterocycles. The summed E-state index contributed by atoms with van der Waals surface area (Å²) < 4.78 is 0. The summed E-state index contributed by atoms with van der Waals surface area (Å²) in [6, 6.07) is 0. The molecule has 0 spiro atoms. The van der Waals surface area contributed by atoms with E-state index >= 15 is 0 Å². The Bertz CT molecular complexity index is 33.2. The van der Waals surface area contributed by atoms with E-state index in [4.69, 9.17) is 0 Å². The molecule has 0 saturated heterocycles. The molecular weight excluding hydrogens is 128 g/mol. The van der Waals surface area contributed by atoms with Gasteiger partial charge in [0.1, 0.15) is 0 Å². The molecule has 0 aromatic carbocycles. The smallest absolute Gasteiger partial charge is 0 e. The molecule has 0 unspecified atom stereocenters. The molecule has 0 aliphatic carbocycles. The Morgan fingerprint density at radius 3 is 2.29 bits per heavy atom. The first kappa shape index (κ1) is 10.3. The number of rotatable bonds is 3. The average Bonchev–Trinajstić information content (AvgIpc) is 1.61. The van der Waals surface area contributed by atoms with Gasteiger partial charge >= 0.3 is 0 Å². The standard InChI is InChI=1S/C6H12.Fe/c1-3-5-6-4-2;/h3H,1,4-6H2,2H3;. The zero-order valence-corrected chi connectivity index (χ0v) is 5.86. The summed E-state index contributed by atoms with van der Waals surface area (Å²) in [5.41, 5.74) is 0. The van der Waals surface area contributed by atoms with Crippen LogP contribution in [0.5, 0.6) is 0 Å². The van der Waals surface area contributed by atoms with Crippen LogP contribution in [0.1, 0.15) is 26.2 Å². The van der Waals surface area contributed by atoms with Gasteiger partial charge in [0.2, 0.25) is 0 Å². The Labute approximate surface area is 56.5 Å². The van der Waals surface area contributed by atoms with Crippen molar-refractivity contribution in [3.05, 3.63) is 12.7 Å². The van der Waals surface area contributed by atoms with Crippen molar-refractivity contribution in [1.29, 1.82) is 0 Å². The third kappa shape index (κ3) is 10.7. The summed E-state index contributed by atoms with van der Waals surface area (Å²) in [6.07, 6.45) is 5.72. The van der Waals surface area contributed by atoms with Gasteiger partial charge in [-0.15, -0.1) is 6.58 Å². The SMILES string of the molecule is C=CCCCC.[Fe]. The monoisotopic (exact) mass is 140 g/mol. The van der Waals surface area contributed by atoms with Gasteiger partial charge in [0.05, 0.1) is 0 Å². The Balaban J connectivity index is 0. The summed E-state index contributed by atoms with van der Waals surface area (Å²) in [6.45, 7) is 5.78. The molecule has 0 fully saturated rings. The van der Waals surface area contributed by atoms with E-state index in [-0.39, 0.29) is 17.1 Å². The predicted octanol–water partition coefficient (Wildman–Crippen LogP) is 2.36. The van der Waals surface area contributed by atoms with Crippen LogP contribution in [0.3, 0.4) is 0 Å². The van der Waals surface area contributed by atoms with Crippen LogP contribution in [0.25, 0.3) is 0 Å². The van der Waals surface area contributed by atoms with Gasteiger partial charge in [-0.2, -0.15) is 0 Å². The molecule has 0 radical (unpaired) electrons. The van der Waals surface area contributed by atoms with Crippen molar-refractivity contribution in [2.24, 2.45) is 0 Å². The molecule has 0 amide bonds. The number of hydrogen-bond donors (Lipinski definition) is 0. The first-order valence-corrected chi connectivity index (χ1v) is 2.52. The fourth-order valence-corrected chi connectivity index (χ4v) is 0.348. The Hall–Kier alpha value is 0.259. The number of hydrogen-bond acceptors (Lipinski definition) is 0. The van der Waals surface area contributed by atoms with Gasteiger partial charge in [-0.05, 0) is 6.42 Å². The van der Waals surface area contributed by atoms with Gasteiger partial charge in [-0.25, -0.2) is 0 Å². The molecular formula is C6H12Fe. The minimum absolute atomic E-state index is 0. The zero-order valence-electron chi connectivity index (χ0n) is 4.76. The summed E-state index contributed by atoms with van der Waals surface area (Å²) in [5, 5.41) is 0. The van der Waals surface area contributed by atoms with E-state index in [1.54, 1.807) is 0 Å². The second-order valence-corrected chi connectivity index (χ2v) is 1.43. The molecule has 0 aliphatic rings. The summed E-state index contributed by atoms with van der Waals surface area (Å²) in [5.74, 6) is 0. The quantitative estimate of drug-likeness (QED) is 0.320. The number of unbranched alkanes of at least 4 members (excludes halogenated alkanes) is 2. The van der Waals surface area contributed by atoms with Crippen LogP contribution in [0.4, 0.5) is 0 Å². The molecule has 0 nitrogen and oxygen atoms in total. The van der Waals surface area contributed by atoms with E-state index in [1.807, 2.05) is 6.08 Å². The van der Waals surface area contributed by atoms with Crippen molar-refractivity contribution in [2.45, 2.75) is 26.2 Å². The summed E-state index contributed by atoms with van der Waals surface area (Å²) in [4.78, 5) is 0. The molecule has 0 saturated carbocycles. The first-order chi connectivity index (χ1) is 2.91. The van der Waals surface area contributed by atoms with Gasteiger partial charge in [0.25, 0.3) is 0 Å².